The van der Waals surface area contributed by atoms with E-state index in [9.17, 15) is 10.0 Å². The summed E-state index contributed by atoms with van der Waals surface area (Å²) in [5, 5.41) is 15.0. The van der Waals surface area contributed by atoms with Crippen molar-refractivity contribution in [2.24, 2.45) is 5.11 Å². The Balaban J connectivity index is 2.41. The summed E-state index contributed by atoms with van der Waals surface area (Å²) in [5.74, 6) is 0.477. The van der Waals surface area contributed by atoms with Gasteiger partial charge in [0.25, 0.3) is 5.69 Å². The summed E-state index contributed by atoms with van der Waals surface area (Å²) in [4.78, 5) is 11.2. The number of hydrogen-bond donors (Lipinski definition) is 0. The lowest BCUT2D eigenvalue weighted by Gasteiger charge is -2.16. The molecule has 0 bridgehead atoms. The summed E-state index contributed by atoms with van der Waals surface area (Å²) in [6.45, 7) is 3.87. The van der Waals surface area contributed by atoms with Crippen molar-refractivity contribution in [3.63, 3.8) is 0 Å². The van der Waals surface area contributed by atoms with E-state index in [1.54, 1.807) is 12.1 Å². The van der Waals surface area contributed by atoms with Gasteiger partial charge in [-0.1, -0.05) is 12.1 Å². The molecule has 0 unspecified atom stereocenters. The third-order valence-electron chi connectivity index (χ3n) is 2.62. The molecule has 0 aliphatic carbocycles. The highest BCUT2D eigenvalue weighted by molar-refractivity contribution is 5.67. The van der Waals surface area contributed by atoms with Gasteiger partial charge in [-0.3, -0.25) is 0 Å². The highest BCUT2D eigenvalue weighted by Crippen LogP contribution is 2.41. The summed E-state index contributed by atoms with van der Waals surface area (Å²) in [7, 11) is 1.16. The molecule has 0 saturated heterocycles. The van der Waals surface area contributed by atoms with Gasteiger partial charge >= 0.3 is 6.09 Å². The lowest BCUT2D eigenvalue weighted by atomic mass is 10.0. The predicted molar refractivity (Wildman–Crippen MR) is 63.0 cm³/mol. The number of para-hydroxylation sites is 1. The summed E-state index contributed by atoms with van der Waals surface area (Å²) in [6, 6.07) is 5.18. The van der Waals surface area contributed by atoms with Crippen LogP contribution >= 0.6 is 0 Å². The molecule has 2 rings (SSSR count). The van der Waals surface area contributed by atoms with Gasteiger partial charge in [0.2, 0.25) is 0 Å². The molecule has 0 saturated carbocycles. The Kier molecular flexibility index (Phi) is 2.94. The van der Waals surface area contributed by atoms with E-state index in [0.717, 1.165) is 12.7 Å². The Bertz CT molecular complexity index is 523. The number of rotatable bonds is 1. The molecule has 1 amide bonds. The maximum absolute atomic E-state index is 11.8. The average molecular weight is 250 g/mol. The molecule has 1 heterocycles. The number of amides is 1. The summed E-state index contributed by atoms with van der Waals surface area (Å²) in [5.41, 5.74) is 0.784. The lowest BCUT2D eigenvalue weighted by molar-refractivity contribution is -0.436. The first kappa shape index (κ1) is 12.3. The highest BCUT2D eigenvalue weighted by atomic mass is 16.6. The van der Waals surface area contributed by atoms with E-state index in [1.165, 1.54) is 0 Å². The Labute approximate surface area is 104 Å². The van der Waals surface area contributed by atoms with Gasteiger partial charge in [0.15, 0.2) is 5.75 Å². The van der Waals surface area contributed by atoms with E-state index in [4.69, 9.17) is 4.74 Å². The Morgan fingerprint density at radius 3 is 2.94 bits per heavy atom. The molecule has 0 N–H and O–H groups in total. The van der Waals surface area contributed by atoms with Crippen LogP contribution in [0, 0.1) is 5.21 Å². The Hall–Kier alpha value is -2.11. The molecule has 0 aromatic heterocycles. The summed E-state index contributed by atoms with van der Waals surface area (Å²) < 4.78 is 10.0. The first-order valence-corrected chi connectivity index (χ1v) is 5.51. The van der Waals surface area contributed by atoms with Gasteiger partial charge in [-0.2, -0.15) is 0 Å². The van der Waals surface area contributed by atoms with Gasteiger partial charge in [-0.25, -0.2) is 4.79 Å². The van der Waals surface area contributed by atoms with Crippen molar-refractivity contribution >= 4 is 11.8 Å². The molecule has 1 aliphatic heterocycles. The monoisotopic (exact) mass is 250 g/mol. The Morgan fingerprint density at radius 2 is 2.28 bits per heavy atom. The fraction of sp³-hybridized carbons (Fsp3) is 0.417. The van der Waals surface area contributed by atoms with Crippen LogP contribution in [0.1, 0.15) is 19.4 Å². The Morgan fingerprint density at radius 1 is 1.56 bits per heavy atom. The van der Waals surface area contributed by atoms with Gasteiger partial charge in [-0.15, -0.1) is 0 Å². The predicted octanol–water partition coefficient (Wildman–Crippen LogP) is 2.76. The van der Waals surface area contributed by atoms with Gasteiger partial charge < -0.3 is 14.7 Å². The number of benzene rings is 1. The zero-order chi connectivity index (χ0) is 13.3. The molecule has 6 nitrogen and oxygen atoms in total. The van der Waals surface area contributed by atoms with Crippen LogP contribution in [0.15, 0.2) is 23.3 Å². The zero-order valence-electron chi connectivity index (χ0n) is 10.5. The first-order chi connectivity index (χ1) is 8.43. The molecular weight excluding hydrogens is 236 g/mol. The highest BCUT2D eigenvalue weighted by Gasteiger charge is 2.34. The first-order valence-electron chi connectivity index (χ1n) is 5.51. The van der Waals surface area contributed by atoms with E-state index in [0.29, 0.717) is 12.2 Å². The van der Waals surface area contributed by atoms with Crippen molar-refractivity contribution < 1.29 is 19.1 Å². The van der Waals surface area contributed by atoms with Crippen molar-refractivity contribution in [3.8, 4) is 5.75 Å². The number of carbonyl (C=O) groups excluding carboxylic acids is 1. The second kappa shape index (κ2) is 4.29. The molecule has 96 valence electrons. The van der Waals surface area contributed by atoms with Crippen molar-refractivity contribution in [1.82, 2.24) is 0 Å². The number of azo groups is 1. The molecule has 0 spiro atoms. The normalized spacial score (nSPS) is 16.9. The molecular formula is C12H14N2O4. The molecule has 1 aromatic rings. The van der Waals surface area contributed by atoms with Crippen LogP contribution in [0.2, 0.25) is 0 Å². The third kappa shape index (κ3) is 2.27. The molecule has 18 heavy (non-hydrogen) atoms. The second-order valence-electron chi connectivity index (χ2n) is 4.65. The van der Waals surface area contributed by atoms with Crippen molar-refractivity contribution in [3.05, 3.63) is 29.0 Å². The average Bonchev–Trinajstić information content (AvgIpc) is 2.61. The zero-order valence-corrected chi connectivity index (χ0v) is 10.5. The second-order valence-corrected chi connectivity index (χ2v) is 4.65. The van der Waals surface area contributed by atoms with E-state index in [-0.39, 0.29) is 16.1 Å². The number of carbonyl (C=O) groups is 1. The van der Waals surface area contributed by atoms with Crippen molar-refractivity contribution in [1.29, 1.82) is 0 Å². The maximum Gasteiger partial charge on any atom is 0.491 e. The van der Waals surface area contributed by atoms with Crippen molar-refractivity contribution in [2.75, 3.05) is 7.11 Å². The van der Waals surface area contributed by atoms with Gasteiger partial charge in [0, 0.05) is 18.1 Å². The molecule has 6 heteroatoms. The SMILES string of the molecule is COC(=O)/N=[N+](\[O-])c1cccc2c1OC(C)(C)C2. The van der Waals surface area contributed by atoms with Crippen LogP contribution in [0.5, 0.6) is 5.75 Å². The standard InChI is InChI=1S/C12H14N2O4/c1-12(2)7-8-5-4-6-9(10(8)18-12)14(16)13-11(15)17-3/h4-6H,7H2,1-3H3/b14-13-. The van der Waals surface area contributed by atoms with Crippen LogP contribution in [0.4, 0.5) is 10.5 Å². The molecule has 1 aromatic carbocycles. The minimum atomic E-state index is -0.945. The number of ether oxygens (including phenoxy) is 2. The number of nitrogens with zero attached hydrogens (tertiary/aromatic N) is 2. The van der Waals surface area contributed by atoms with Crippen LogP contribution < -0.4 is 4.74 Å². The topological polar surface area (TPSA) is 74.0 Å². The fourth-order valence-electron chi connectivity index (χ4n) is 1.92. The van der Waals surface area contributed by atoms with Gasteiger partial charge in [-0.05, 0) is 18.7 Å². The largest absolute Gasteiger partial charge is 0.594 e. The van der Waals surface area contributed by atoms with E-state index < -0.39 is 6.09 Å². The van der Waals surface area contributed by atoms with Gasteiger partial charge in [0.05, 0.1) is 7.11 Å². The molecule has 1 aliphatic rings. The number of methoxy groups -OCH3 is 1. The maximum atomic E-state index is 11.8. The summed E-state index contributed by atoms with van der Waals surface area (Å²) in [6.07, 6.45) is -0.234. The number of fused-ring (bicyclic) bond motifs is 1. The van der Waals surface area contributed by atoms with E-state index >= 15 is 0 Å². The lowest BCUT2D eigenvalue weighted by Crippen LogP contribution is -2.24. The molecule has 0 radical (unpaired) electrons. The van der Waals surface area contributed by atoms with E-state index in [1.807, 2.05) is 19.9 Å². The van der Waals surface area contributed by atoms with Crippen molar-refractivity contribution in [2.45, 2.75) is 25.9 Å². The quantitative estimate of drug-likeness (QED) is 0.436. The molecule has 0 atom stereocenters. The van der Waals surface area contributed by atoms with Crippen LogP contribution in [0.25, 0.3) is 0 Å². The van der Waals surface area contributed by atoms with Gasteiger partial charge in [0.1, 0.15) is 10.7 Å². The van der Waals surface area contributed by atoms with Crippen LogP contribution in [-0.4, -0.2) is 23.7 Å². The van der Waals surface area contributed by atoms with Crippen LogP contribution in [0.3, 0.4) is 0 Å². The minimum absolute atomic E-state index is 0.212. The van der Waals surface area contributed by atoms with Crippen LogP contribution in [-0.2, 0) is 11.2 Å². The third-order valence-corrected chi connectivity index (χ3v) is 2.62. The minimum Gasteiger partial charge on any atom is -0.594 e. The fourth-order valence-corrected chi connectivity index (χ4v) is 1.92. The summed E-state index contributed by atoms with van der Waals surface area (Å²) >= 11 is 0. The number of hydrogen-bond acceptors (Lipinski definition) is 4. The smallest absolute Gasteiger partial charge is 0.491 e. The van der Waals surface area contributed by atoms with E-state index in [2.05, 4.69) is 9.85 Å². The molecule has 0 fully saturated rings.